The average Bonchev–Trinajstić information content (AvgIpc) is 3.26. The molecule has 62 heavy (non-hydrogen) atoms. The maximum atomic E-state index is 12.1. The van der Waals surface area contributed by atoms with Crippen molar-refractivity contribution in [3.63, 3.8) is 0 Å². The molecular weight excluding hydrogens is 798 g/mol. The Labute approximate surface area is 380 Å². The van der Waals surface area contributed by atoms with Crippen LogP contribution in [0.25, 0.3) is 0 Å². The van der Waals surface area contributed by atoms with Crippen LogP contribution in [0.1, 0.15) is 226 Å². The van der Waals surface area contributed by atoms with Crippen LogP contribution in [0.15, 0.2) is 60.8 Å². The zero-order valence-corrected chi connectivity index (χ0v) is 40.7. The summed E-state index contributed by atoms with van der Waals surface area (Å²) in [4.78, 5) is 34.1. The van der Waals surface area contributed by atoms with Gasteiger partial charge in [0.15, 0.2) is 0 Å². The molecule has 0 aromatic heterocycles. The minimum Gasteiger partial charge on any atom is -0.463 e. The lowest BCUT2D eigenvalue weighted by Gasteiger charge is -2.15. The van der Waals surface area contributed by atoms with Gasteiger partial charge < -0.3 is 20.1 Å². The van der Waals surface area contributed by atoms with Crippen LogP contribution in [0.5, 0.6) is 0 Å². The number of amides is 1. The van der Waals surface area contributed by atoms with Crippen LogP contribution in [0.2, 0.25) is 0 Å². The minimum atomic E-state index is -4.43. The van der Waals surface area contributed by atoms with E-state index < -0.39 is 26.5 Å². The normalized spacial score (nSPS) is 13.7. The summed E-state index contributed by atoms with van der Waals surface area (Å²) >= 11 is 0. The molecule has 0 heterocycles. The highest BCUT2D eigenvalue weighted by molar-refractivity contribution is 7.47. The number of allylic oxidation sites excluding steroid dienone is 10. The van der Waals surface area contributed by atoms with Gasteiger partial charge in [-0.3, -0.25) is 18.6 Å². The first-order valence-electron chi connectivity index (χ1n) is 25.3. The second-order valence-electron chi connectivity index (χ2n) is 16.8. The van der Waals surface area contributed by atoms with E-state index in [1.807, 2.05) is 0 Å². The SMILES string of the molecule is CC/C=C\C/C=C\C/C=C\C/C=C\C/C=C\CCCCCCCC(=O)OCC(O)COP(=O)(O)OCCNC(=O)CCCCCCCCCCCCCCCCCCCCCC. The van der Waals surface area contributed by atoms with Gasteiger partial charge in [-0.15, -0.1) is 0 Å². The Bertz CT molecular complexity index is 1200. The number of nitrogens with one attached hydrogen (secondary N) is 1. The number of hydrogen-bond acceptors (Lipinski definition) is 7. The molecule has 9 nitrogen and oxygen atoms in total. The Balaban J connectivity index is 3.59. The molecule has 0 fully saturated rings. The van der Waals surface area contributed by atoms with Crippen LogP contribution < -0.4 is 5.32 Å². The molecule has 0 aliphatic carbocycles. The highest BCUT2D eigenvalue weighted by Gasteiger charge is 2.23. The molecule has 1 amide bonds. The topological polar surface area (TPSA) is 131 Å². The van der Waals surface area contributed by atoms with Crippen LogP contribution in [0.4, 0.5) is 0 Å². The van der Waals surface area contributed by atoms with E-state index >= 15 is 0 Å². The molecule has 360 valence electrons. The Morgan fingerprint density at radius 1 is 0.516 bits per heavy atom. The lowest BCUT2D eigenvalue weighted by Crippen LogP contribution is -2.27. The Morgan fingerprint density at radius 3 is 1.39 bits per heavy atom. The zero-order chi connectivity index (χ0) is 45.3. The Morgan fingerprint density at radius 2 is 0.919 bits per heavy atom. The van der Waals surface area contributed by atoms with Crippen molar-refractivity contribution >= 4 is 19.7 Å². The minimum absolute atomic E-state index is 0.0798. The van der Waals surface area contributed by atoms with Gasteiger partial charge in [0.2, 0.25) is 5.91 Å². The number of phosphoric ester groups is 1. The predicted octanol–water partition coefficient (Wildman–Crippen LogP) is 14.8. The molecule has 0 rings (SSSR count). The van der Waals surface area contributed by atoms with Crippen molar-refractivity contribution in [2.75, 3.05) is 26.4 Å². The third-order valence-electron chi connectivity index (χ3n) is 10.7. The summed E-state index contributed by atoms with van der Waals surface area (Å²) in [5.74, 6) is -0.531. The molecule has 0 saturated heterocycles. The first-order chi connectivity index (χ1) is 30.3. The number of hydrogen-bond donors (Lipinski definition) is 3. The number of aliphatic hydroxyl groups excluding tert-OH is 1. The third-order valence-corrected chi connectivity index (χ3v) is 11.7. The standard InChI is InChI=1S/C52H94NO8P/c1-3-5-7-9-11-13-15-17-19-21-23-25-27-29-31-33-35-37-39-41-43-45-52(56)59-48-50(54)49-61-62(57,58)60-47-46-53-51(55)44-42-40-38-36-34-32-30-28-26-24-22-20-18-16-14-12-10-8-6-4-2/h5,7,11,13,17,19,23,25,29,31,50,54H,3-4,6,8-10,12,14-16,18,20-22,24,26-28,30,32-49H2,1-2H3,(H,53,55)(H,57,58)/b7-5-,13-11-,19-17-,25-23-,31-29-. The van der Waals surface area contributed by atoms with E-state index in [0.717, 1.165) is 83.5 Å². The van der Waals surface area contributed by atoms with Gasteiger partial charge in [-0.2, -0.15) is 0 Å². The number of carbonyl (C=O) groups excluding carboxylic acids is 2. The Hall–Kier alpha value is -2.29. The Kier molecular flexibility index (Phi) is 46.4. The molecule has 3 N–H and O–H groups in total. The van der Waals surface area contributed by atoms with Crippen molar-refractivity contribution in [3.05, 3.63) is 60.8 Å². The van der Waals surface area contributed by atoms with E-state index in [-0.39, 0.29) is 32.1 Å². The van der Waals surface area contributed by atoms with Gasteiger partial charge >= 0.3 is 13.8 Å². The molecule has 0 aliphatic rings. The average molecular weight is 892 g/mol. The highest BCUT2D eigenvalue weighted by Crippen LogP contribution is 2.42. The third kappa shape index (κ3) is 48.7. The molecule has 0 radical (unpaired) electrons. The fourth-order valence-corrected chi connectivity index (χ4v) is 7.69. The largest absolute Gasteiger partial charge is 0.472 e. The van der Waals surface area contributed by atoms with E-state index in [1.54, 1.807) is 0 Å². The van der Waals surface area contributed by atoms with Gasteiger partial charge in [0.25, 0.3) is 0 Å². The van der Waals surface area contributed by atoms with Crippen molar-refractivity contribution in [2.24, 2.45) is 0 Å². The molecule has 0 aliphatic heterocycles. The number of aliphatic hydroxyl groups is 1. The fourth-order valence-electron chi connectivity index (χ4n) is 6.94. The quantitative estimate of drug-likeness (QED) is 0.0238. The summed E-state index contributed by atoms with van der Waals surface area (Å²) in [6, 6.07) is 0. The fraction of sp³-hybridized carbons (Fsp3) is 0.769. The smallest absolute Gasteiger partial charge is 0.463 e. The van der Waals surface area contributed by atoms with Crippen LogP contribution in [-0.2, 0) is 27.9 Å². The molecule has 2 unspecified atom stereocenters. The number of carbonyl (C=O) groups is 2. The molecule has 10 heteroatoms. The molecule has 0 aromatic rings. The van der Waals surface area contributed by atoms with E-state index in [2.05, 4.69) is 79.9 Å². The predicted molar refractivity (Wildman–Crippen MR) is 261 cm³/mol. The first-order valence-corrected chi connectivity index (χ1v) is 26.8. The monoisotopic (exact) mass is 892 g/mol. The van der Waals surface area contributed by atoms with Crippen molar-refractivity contribution < 1.29 is 37.9 Å². The van der Waals surface area contributed by atoms with Gasteiger partial charge in [-0.1, -0.05) is 216 Å². The summed E-state index contributed by atoms with van der Waals surface area (Å²) in [6.45, 7) is 3.45. The van der Waals surface area contributed by atoms with Crippen LogP contribution >= 0.6 is 7.82 Å². The first kappa shape index (κ1) is 59.7. The van der Waals surface area contributed by atoms with Gasteiger partial charge in [0, 0.05) is 19.4 Å². The number of unbranched alkanes of at least 4 members (excludes halogenated alkanes) is 24. The van der Waals surface area contributed by atoms with Crippen LogP contribution in [0, 0.1) is 0 Å². The van der Waals surface area contributed by atoms with Gasteiger partial charge in [-0.05, 0) is 57.8 Å². The molecule has 0 aromatic carbocycles. The van der Waals surface area contributed by atoms with Crippen molar-refractivity contribution in [3.8, 4) is 0 Å². The van der Waals surface area contributed by atoms with Crippen LogP contribution in [-0.4, -0.2) is 54.3 Å². The van der Waals surface area contributed by atoms with E-state index in [0.29, 0.717) is 12.8 Å². The maximum absolute atomic E-state index is 12.1. The molecule has 0 spiro atoms. The van der Waals surface area contributed by atoms with Crippen molar-refractivity contribution in [1.29, 1.82) is 0 Å². The molecule has 0 bridgehead atoms. The second kappa shape index (κ2) is 48.2. The molecule has 0 saturated carbocycles. The van der Waals surface area contributed by atoms with Gasteiger partial charge in [0.1, 0.15) is 12.7 Å². The molecular formula is C52H94NO8P. The summed E-state index contributed by atoms with van der Waals surface area (Å²) in [5, 5.41) is 12.7. The van der Waals surface area contributed by atoms with Crippen molar-refractivity contribution in [2.45, 2.75) is 232 Å². The van der Waals surface area contributed by atoms with Gasteiger partial charge in [0.05, 0.1) is 13.2 Å². The van der Waals surface area contributed by atoms with Crippen LogP contribution in [0.3, 0.4) is 0 Å². The number of esters is 1. The van der Waals surface area contributed by atoms with E-state index in [4.69, 9.17) is 13.8 Å². The van der Waals surface area contributed by atoms with E-state index in [1.165, 1.54) is 109 Å². The summed E-state index contributed by atoms with van der Waals surface area (Å²) in [7, 11) is -4.43. The number of phosphoric acid groups is 1. The maximum Gasteiger partial charge on any atom is 0.472 e. The van der Waals surface area contributed by atoms with Gasteiger partial charge in [-0.25, -0.2) is 4.57 Å². The number of rotatable bonds is 47. The summed E-state index contributed by atoms with van der Waals surface area (Å²) in [6.07, 6.45) is 58.7. The summed E-state index contributed by atoms with van der Waals surface area (Å²) in [5.41, 5.74) is 0. The summed E-state index contributed by atoms with van der Waals surface area (Å²) < 4.78 is 27.0. The van der Waals surface area contributed by atoms with E-state index in [9.17, 15) is 24.2 Å². The number of ether oxygens (including phenoxy) is 1. The lowest BCUT2D eigenvalue weighted by atomic mass is 10.0. The highest BCUT2D eigenvalue weighted by atomic mass is 31.2. The zero-order valence-electron chi connectivity index (χ0n) is 39.8. The lowest BCUT2D eigenvalue weighted by molar-refractivity contribution is -0.147. The molecule has 2 atom stereocenters. The van der Waals surface area contributed by atoms with Crippen molar-refractivity contribution in [1.82, 2.24) is 5.32 Å². The second-order valence-corrected chi connectivity index (χ2v) is 18.2.